The zero-order chi connectivity index (χ0) is 21.5. The smallest absolute Gasteiger partial charge is 0.301 e. The summed E-state index contributed by atoms with van der Waals surface area (Å²) in [5.74, 6) is -2.30. The van der Waals surface area contributed by atoms with Crippen molar-refractivity contribution in [1.82, 2.24) is 0 Å². The van der Waals surface area contributed by atoms with Crippen LogP contribution in [-0.4, -0.2) is 53.3 Å². The molecule has 30 heavy (non-hydrogen) atoms. The van der Waals surface area contributed by atoms with Crippen molar-refractivity contribution in [1.29, 1.82) is 0 Å². The number of aromatic hydroxyl groups is 1. The van der Waals surface area contributed by atoms with Gasteiger partial charge in [0, 0.05) is 12.0 Å². The maximum atomic E-state index is 14.0. The zero-order valence-electron chi connectivity index (χ0n) is 16.5. The molecule has 2 aromatic rings. The molecule has 0 saturated carbocycles. The second kappa shape index (κ2) is 8.02. The molecule has 4 rings (SSSR count). The van der Waals surface area contributed by atoms with Crippen molar-refractivity contribution < 1.29 is 38.3 Å². The van der Waals surface area contributed by atoms with Crippen LogP contribution >= 0.6 is 0 Å². The van der Waals surface area contributed by atoms with E-state index in [0.29, 0.717) is 36.7 Å². The highest BCUT2D eigenvalue weighted by Gasteiger charge is 2.53. The molecule has 8 heteroatoms. The third kappa shape index (κ3) is 3.82. The van der Waals surface area contributed by atoms with E-state index in [-0.39, 0.29) is 12.2 Å². The highest BCUT2D eigenvalue weighted by atomic mass is 19.3. The van der Waals surface area contributed by atoms with Crippen molar-refractivity contribution in [3.05, 3.63) is 52.6 Å². The van der Waals surface area contributed by atoms with Gasteiger partial charge in [-0.3, -0.25) is 0 Å². The number of benzene rings is 2. The summed E-state index contributed by atoms with van der Waals surface area (Å²) in [4.78, 5) is 0. The number of fused-ring (bicyclic) bond motifs is 1. The van der Waals surface area contributed by atoms with E-state index in [1.165, 1.54) is 0 Å². The summed E-state index contributed by atoms with van der Waals surface area (Å²) in [5, 5.41) is 29.6. The van der Waals surface area contributed by atoms with E-state index in [2.05, 4.69) is 0 Å². The maximum Gasteiger partial charge on any atom is 0.301 e. The number of ether oxygens (including phenoxy) is 3. The topological polar surface area (TPSA) is 88.4 Å². The Bertz CT molecular complexity index is 932. The molecule has 0 bridgehead atoms. The molecule has 2 aromatic carbocycles. The molecule has 3 atom stereocenters. The third-order valence-corrected chi connectivity index (χ3v) is 5.64. The first kappa shape index (κ1) is 20.8. The van der Waals surface area contributed by atoms with Gasteiger partial charge >= 0.3 is 5.92 Å². The Morgan fingerprint density at radius 2 is 1.83 bits per heavy atom. The molecule has 0 aliphatic carbocycles. The predicted octanol–water partition coefficient (Wildman–Crippen LogP) is 2.88. The summed E-state index contributed by atoms with van der Waals surface area (Å²) >= 11 is 0. The third-order valence-electron chi connectivity index (χ3n) is 5.64. The van der Waals surface area contributed by atoms with E-state index in [1.54, 1.807) is 12.1 Å². The van der Waals surface area contributed by atoms with Crippen LogP contribution in [0.25, 0.3) is 0 Å². The molecule has 1 saturated heterocycles. The lowest BCUT2D eigenvalue weighted by atomic mass is 9.90. The highest BCUT2D eigenvalue weighted by Crippen LogP contribution is 2.43. The van der Waals surface area contributed by atoms with Crippen molar-refractivity contribution in [2.75, 3.05) is 19.8 Å². The number of aliphatic hydroxyl groups is 2. The molecule has 1 fully saturated rings. The summed E-state index contributed by atoms with van der Waals surface area (Å²) in [5.41, 5.74) is 2.96. The number of hydrogen-bond acceptors (Lipinski definition) is 6. The van der Waals surface area contributed by atoms with Crippen LogP contribution in [0.3, 0.4) is 0 Å². The van der Waals surface area contributed by atoms with Gasteiger partial charge in [0.05, 0.1) is 12.7 Å². The SMILES string of the molecule is Cc1cc(O)c(C2CC(O)C(F)(F)C(CO)O2)cc1Cc1ccc2c(c1)OCCO2. The van der Waals surface area contributed by atoms with E-state index < -0.39 is 30.8 Å². The summed E-state index contributed by atoms with van der Waals surface area (Å²) in [6, 6.07) is 8.91. The Morgan fingerprint density at radius 1 is 1.10 bits per heavy atom. The van der Waals surface area contributed by atoms with Gasteiger partial charge in [-0.1, -0.05) is 6.07 Å². The number of aliphatic hydroxyl groups excluding tert-OH is 2. The van der Waals surface area contributed by atoms with Gasteiger partial charge in [0.15, 0.2) is 11.5 Å². The van der Waals surface area contributed by atoms with Crippen molar-refractivity contribution in [2.45, 2.75) is 44.0 Å². The Labute approximate surface area is 172 Å². The van der Waals surface area contributed by atoms with E-state index in [4.69, 9.17) is 14.2 Å². The highest BCUT2D eigenvalue weighted by molar-refractivity contribution is 5.48. The first-order valence-corrected chi connectivity index (χ1v) is 9.82. The lowest BCUT2D eigenvalue weighted by Gasteiger charge is -2.39. The molecule has 0 amide bonds. The molecule has 3 N–H and O–H groups in total. The molecule has 2 aliphatic rings. The Hall–Kier alpha value is -2.42. The fourth-order valence-corrected chi connectivity index (χ4v) is 3.91. The number of hydrogen-bond donors (Lipinski definition) is 3. The maximum absolute atomic E-state index is 14.0. The molecule has 2 aliphatic heterocycles. The first-order chi connectivity index (χ1) is 14.3. The molecule has 3 unspecified atom stereocenters. The normalized spacial score (nSPS) is 25.2. The van der Waals surface area contributed by atoms with Crippen molar-refractivity contribution in [3.63, 3.8) is 0 Å². The van der Waals surface area contributed by atoms with Crippen molar-refractivity contribution in [3.8, 4) is 17.2 Å². The lowest BCUT2D eigenvalue weighted by molar-refractivity contribution is -0.259. The van der Waals surface area contributed by atoms with Gasteiger partial charge in [-0.25, -0.2) is 8.78 Å². The Balaban J connectivity index is 1.61. The summed E-state index contributed by atoms with van der Waals surface area (Å²) < 4.78 is 44.5. The summed E-state index contributed by atoms with van der Waals surface area (Å²) in [6.07, 6.45) is -4.64. The number of phenols is 1. The fourth-order valence-electron chi connectivity index (χ4n) is 3.91. The van der Waals surface area contributed by atoms with Crippen LogP contribution in [0.15, 0.2) is 30.3 Å². The van der Waals surface area contributed by atoms with Crippen LogP contribution in [0.4, 0.5) is 8.78 Å². The van der Waals surface area contributed by atoms with E-state index in [9.17, 15) is 24.1 Å². The van der Waals surface area contributed by atoms with E-state index >= 15 is 0 Å². The standard InChI is InChI=1S/C22H24F2O6/c1-12-6-16(26)15(18-10-20(27)22(23,24)21(11-25)30-18)9-14(12)7-13-2-3-17-19(8-13)29-5-4-28-17/h2-3,6,8-9,18,20-21,25-27H,4-5,7,10-11H2,1H3. The van der Waals surface area contributed by atoms with Gasteiger partial charge < -0.3 is 29.5 Å². The van der Waals surface area contributed by atoms with Gasteiger partial charge in [-0.15, -0.1) is 0 Å². The minimum Gasteiger partial charge on any atom is -0.508 e. The van der Waals surface area contributed by atoms with Crippen LogP contribution in [0, 0.1) is 6.92 Å². The predicted molar refractivity (Wildman–Crippen MR) is 103 cm³/mol. The Kier molecular flexibility index (Phi) is 5.57. The van der Waals surface area contributed by atoms with Crippen LogP contribution in [-0.2, 0) is 11.2 Å². The number of alkyl halides is 2. The van der Waals surface area contributed by atoms with E-state index in [1.807, 2.05) is 25.1 Å². The molecule has 0 radical (unpaired) electrons. The number of phenolic OH excluding ortho intramolecular Hbond substituents is 1. The number of aryl methyl sites for hydroxylation is 1. The number of rotatable bonds is 4. The molecule has 2 heterocycles. The summed E-state index contributed by atoms with van der Waals surface area (Å²) in [7, 11) is 0. The number of halogens is 2. The molecular weight excluding hydrogens is 398 g/mol. The molecular formula is C22H24F2O6. The zero-order valence-corrected chi connectivity index (χ0v) is 16.5. The quantitative estimate of drug-likeness (QED) is 0.702. The van der Waals surface area contributed by atoms with Crippen LogP contribution < -0.4 is 9.47 Å². The Morgan fingerprint density at radius 3 is 2.57 bits per heavy atom. The van der Waals surface area contributed by atoms with Gasteiger partial charge in [0.2, 0.25) is 0 Å². The van der Waals surface area contributed by atoms with Gasteiger partial charge in [0.25, 0.3) is 0 Å². The minimum absolute atomic E-state index is 0.0995. The molecule has 162 valence electrons. The molecule has 0 spiro atoms. The van der Waals surface area contributed by atoms with Crippen LogP contribution in [0.5, 0.6) is 17.2 Å². The van der Waals surface area contributed by atoms with Gasteiger partial charge in [-0.05, 0) is 54.3 Å². The second-order valence-corrected chi connectivity index (χ2v) is 7.71. The summed E-state index contributed by atoms with van der Waals surface area (Å²) in [6.45, 7) is 1.90. The van der Waals surface area contributed by atoms with Crippen LogP contribution in [0.2, 0.25) is 0 Å². The van der Waals surface area contributed by atoms with Gasteiger partial charge in [-0.2, -0.15) is 0 Å². The first-order valence-electron chi connectivity index (χ1n) is 9.82. The fraction of sp³-hybridized carbons (Fsp3) is 0.455. The molecule has 0 aromatic heterocycles. The lowest BCUT2D eigenvalue weighted by Crippen LogP contribution is -2.53. The van der Waals surface area contributed by atoms with Crippen LogP contribution in [0.1, 0.15) is 34.8 Å². The average Bonchev–Trinajstić information content (AvgIpc) is 2.72. The van der Waals surface area contributed by atoms with Crippen molar-refractivity contribution >= 4 is 0 Å². The monoisotopic (exact) mass is 422 g/mol. The van der Waals surface area contributed by atoms with Gasteiger partial charge in [0.1, 0.15) is 31.2 Å². The minimum atomic E-state index is -3.56. The van der Waals surface area contributed by atoms with Crippen molar-refractivity contribution in [2.24, 2.45) is 0 Å². The largest absolute Gasteiger partial charge is 0.508 e. The second-order valence-electron chi connectivity index (χ2n) is 7.71. The van der Waals surface area contributed by atoms with E-state index in [0.717, 1.165) is 16.7 Å². The molecule has 6 nitrogen and oxygen atoms in total. The average molecular weight is 422 g/mol.